The lowest BCUT2D eigenvalue weighted by atomic mass is 10.1. The monoisotopic (exact) mass is 248 g/mol. The van der Waals surface area contributed by atoms with Crippen LogP contribution in [0.3, 0.4) is 0 Å². The fourth-order valence-corrected chi connectivity index (χ4v) is 2.12. The molecule has 1 heterocycles. The Hall–Kier alpha value is -1.55. The Labute approximate surface area is 108 Å². The predicted octanol–water partition coefficient (Wildman–Crippen LogP) is 1.18. The van der Waals surface area contributed by atoms with Crippen molar-refractivity contribution in [2.45, 2.75) is 13.3 Å². The first kappa shape index (κ1) is 12.9. The van der Waals surface area contributed by atoms with Gasteiger partial charge < -0.3 is 15.4 Å². The molecule has 1 aromatic rings. The molecule has 0 saturated carbocycles. The minimum atomic E-state index is 0.0477. The minimum absolute atomic E-state index is 0.0477. The molecule has 1 saturated heterocycles. The molecule has 4 heteroatoms. The molecule has 2 rings (SSSR count). The van der Waals surface area contributed by atoms with E-state index in [0.29, 0.717) is 12.5 Å². The van der Waals surface area contributed by atoms with Crippen molar-refractivity contribution in [2.75, 3.05) is 26.2 Å². The number of nitrogens with two attached hydrogens (primary N) is 1. The van der Waals surface area contributed by atoms with Crippen molar-refractivity contribution >= 4 is 5.91 Å². The zero-order valence-electron chi connectivity index (χ0n) is 10.8. The third kappa shape index (κ3) is 3.23. The van der Waals surface area contributed by atoms with Gasteiger partial charge in [0.2, 0.25) is 0 Å². The lowest BCUT2D eigenvalue weighted by molar-refractivity contribution is -0.132. The molecule has 1 atom stereocenters. The molecule has 2 N–H and O–H groups in total. The van der Waals surface area contributed by atoms with Crippen LogP contribution >= 0.6 is 0 Å². The van der Waals surface area contributed by atoms with Gasteiger partial charge in [-0.15, -0.1) is 0 Å². The van der Waals surface area contributed by atoms with Crippen LogP contribution in [-0.2, 0) is 4.79 Å². The van der Waals surface area contributed by atoms with Crippen molar-refractivity contribution in [1.29, 1.82) is 0 Å². The van der Waals surface area contributed by atoms with Crippen LogP contribution < -0.4 is 10.5 Å². The Morgan fingerprint density at radius 3 is 2.78 bits per heavy atom. The summed E-state index contributed by atoms with van der Waals surface area (Å²) >= 11 is 0. The van der Waals surface area contributed by atoms with Gasteiger partial charge in [-0.3, -0.25) is 4.79 Å². The van der Waals surface area contributed by atoms with E-state index in [1.807, 2.05) is 36.1 Å². The fourth-order valence-electron chi connectivity index (χ4n) is 2.12. The van der Waals surface area contributed by atoms with E-state index < -0.39 is 0 Å². The molecule has 0 spiro atoms. The molecule has 1 fully saturated rings. The van der Waals surface area contributed by atoms with E-state index in [4.69, 9.17) is 10.5 Å². The van der Waals surface area contributed by atoms with E-state index in [1.54, 1.807) is 0 Å². The lowest BCUT2D eigenvalue weighted by Crippen LogP contribution is -2.33. The van der Waals surface area contributed by atoms with E-state index in [0.717, 1.165) is 25.3 Å². The lowest BCUT2D eigenvalue weighted by Gasteiger charge is -2.16. The maximum absolute atomic E-state index is 11.9. The fraction of sp³-hybridized carbons (Fsp3) is 0.500. The standard InChI is InChI=1S/C14H20N2O2/c1-11-2-4-13(5-3-11)18-10-14(17)16-7-6-12(8-15)9-16/h2-5,12H,6-10,15H2,1H3/t12-/m0/s1. The van der Waals surface area contributed by atoms with Crippen molar-refractivity contribution in [3.8, 4) is 5.75 Å². The SMILES string of the molecule is Cc1ccc(OCC(=O)N2CC[C@@H](CN)C2)cc1. The molecular weight excluding hydrogens is 228 g/mol. The van der Waals surface area contributed by atoms with Crippen LogP contribution in [0.4, 0.5) is 0 Å². The third-order valence-corrected chi connectivity index (χ3v) is 3.36. The summed E-state index contributed by atoms with van der Waals surface area (Å²) < 4.78 is 5.48. The van der Waals surface area contributed by atoms with Gasteiger partial charge in [0, 0.05) is 13.1 Å². The Bertz CT molecular complexity index is 403. The zero-order chi connectivity index (χ0) is 13.0. The first-order valence-corrected chi connectivity index (χ1v) is 6.36. The summed E-state index contributed by atoms with van der Waals surface area (Å²) in [5.74, 6) is 1.24. The second-order valence-electron chi connectivity index (χ2n) is 4.83. The minimum Gasteiger partial charge on any atom is -0.484 e. The van der Waals surface area contributed by atoms with Crippen molar-refractivity contribution in [3.05, 3.63) is 29.8 Å². The number of carbonyl (C=O) groups is 1. The molecule has 18 heavy (non-hydrogen) atoms. The van der Waals surface area contributed by atoms with Gasteiger partial charge in [0.15, 0.2) is 6.61 Å². The Kier molecular flexibility index (Phi) is 4.20. The van der Waals surface area contributed by atoms with E-state index in [9.17, 15) is 4.79 Å². The molecule has 0 aromatic heterocycles. The molecule has 0 unspecified atom stereocenters. The van der Waals surface area contributed by atoms with Gasteiger partial charge in [0.1, 0.15) is 5.75 Å². The summed E-state index contributed by atoms with van der Waals surface area (Å²) in [5, 5.41) is 0. The normalized spacial score (nSPS) is 19.0. The summed E-state index contributed by atoms with van der Waals surface area (Å²) in [6.07, 6.45) is 1.01. The number of benzene rings is 1. The number of hydrogen-bond donors (Lipinski definition) is 1. The highest BCUT2D eigenvalue weighted by Gasteiger charge is 2.25. The van der Waals surface area contributed by atoms with Crippen molar-refractivity contribution in [2.24, 2.45) is 11.7 Å². The van der Waals surface area contributed by atoms with Crippen molar-refractivity contribution in [3.63, 3.8) is 0 Å². The summed E-state index contributed by atoms with van der Waals surface area (Å²) in [6.45, 7) is 4.36. The van der Waals surface area contributed by atoms with Crippen LogP contribution in [-0.4, -0.2) is 37.0 Å². The number of amides is 1. The van der Waals surface area contributed by atoms with Gasteiger partial charge in [-0.05, 0) is 37.9 Å². The molecule has 0 radical (unpaired) electrons. The second-order valence-corrected chi connectivity index (χ2v) is 4.83. The predicted molar refractivity (Wildman–Crippen MR) is 70.4 cm³/mol. The van der Waals surface area contributed by atoms with Crippen LogP contribution in [0.15, 0.2) is 24.3 Å². The highest BCUT2D eigenvalue weighted by atomic mass is 16.5. The number of ether oxygens (including phenoxy) is 1. The van der Waals surface area contributed by atoms with E-state index in [1.165, 1.54) is 5.56 Å². The van der Waals surface area contributed by atoms with Gasteiger partial charge in [-0.25, -0.2) is 0 Å². The van der Waals surface area contributed by atoms with Crippen LogP contribution in [0.2, 0.25) is 0 Å². The van der Waals surface area contributed by atoms with Crippen LogP contribution in [0.25, 0.3) is 0 Å². The number of nitrogens with zero attached hydrogens (tertiary/aromatic N) is 1. The quantitative estimate of drug-likeness (QED) is 0.870. The molecule has 1 aromatic carbocycles. The maximum atomic E-state index is 11.9. The van der Waals surface area contributed by atoms with Gasteiger partial charge in [-0.1, -0.05) is 17.7 Å². The van der Waals surface area contributed by atoms with Crippen molar-refractivity contribution in [1.82, 2.24) is 4.90 Å². The van der Waals surface area contributed by atoms with Crippen LogP contribution in [0.1, 0.15) is 12.0 Å². The summed E-state index contributed by atoms with van der Waals surface area (Å²) in [5.41, 5.74) is 6.79. The van der Waals surface area contributed by atoms with Crippen molar-refractivity contribution < 1.29 is 9.53 Å². The number of likely N-dealkylation sites (tertiary alicyclic amines) is 1. The van der Waals surface area contributed by atoms with Crippen LogP contribution in [0, 0.1) is 12.8 Å². The molecule has 98 valence electrons. The van der Waals surface area contributed by atoms with E-state index >= 15 is 0 Å². The van der Waals surface area contributed by atoms with Crippen LogP contribution in [0.5, 0.6) is 5.75 Å². The zero-order valence-corrected chi connectivity index (χ0v) is 10.8. The summed E-state index contributed by atoms with van der Waals surface area (Å²) in [4.78, 5) is 13.7. The largest absolute Gasteiger partial charge is 0.484 e. The molecule has 1 amide bonds. The van der Waals surface area contributed by atoms with Gasteiger partial charge in [-0.2, -0.15) is 0 Å². The molecular formula is C14H20N2O2. The highest BCUT2D eigenvalue weighted by molar-refractivity contribution is 5.78. The molecule has 1 aliphatic heterocycles. The molecule has 1 aliphatic rings. The second kappa shape index (κ2) is 5.87. The summed E-state index contributed by atoms with van der Waals surface area (Å²) in [6, 6.07) is 7.71. The van der Waals surface area contributed by atoms with E-state index in [2.05, 4.69) is 0 Å². The third-order valence-electron chi connectivity index (χ3n) is 3.36. The van der Waals surface area contributed by atoms with Gasteiger partial charge >= 0.3 is 0 Å². The number of rotatable bonds is 4. The first-order chi connectivity index (χ1) is 8.69. The molecule has 4 nitrogen and oxygen atoms in total. The molecule has 0 aliphatic carbocycles. The Balaban J connectivity index is 1.80. The average Bonchev–Trinajstić information content (AvgIpc) is 2.86. The number of aryl methyl sites for hydroxylation is 1. The highest BCUT2D eigenvalue weighted by Crippen LogP contribution is 2.16. The maximum Gasteiger partial charge on any atom is 0.260 e. The average molecular weight is 248 g/mol. The Morgan fingerprint density at radius 2 is 2.17 bits per heavy atom. The van der Waals surface area contributed by atoms with Gasteiger partial charge in [0.05, 0.1) is 0 Å². The topological polar surface area (TPSA) is 55.6 Å². The number of hydrogen-bond acceptors (Lipinski definition) is 3. The Morgan fingerprint density at radius 1 is 1.44 bits per heavy atom. The van der Waals surface area contributed by atoms with Gasteiger partial charge in [0.25, 0.3) is 5.91 Å². The number of carbonyl (C=O) groups excluding carboxylic acids is 1. The first-order valence-electron chi connectivity index (χ1n) is 6.36. The smallest absolute Gasteiger partial charge is 0.260 e. The van der Waals surface area contributed by atoms with E-state index in [-0.39, 0.29) is 12.5 Å². The summed E-state index contributed by atoms with van der Waals surface area (Å²) in [7, 11) is 0. The molecule has 0 bridgehead atoms.